The van der Waals surface area contributed by atoms with E-state index in [9.17, 15) is 0 Å². The van der Waals surface area contributed by atoms with Crippen LogP contribution >= 0.6 is 15.9 Å². The van der Waals surface area contributed by atoms with Gasteiger partial charge in [0, 0.05) is 24.0 Å². The second kappa shape index (κ2) is 6.10. The third-order valence-corrected chi connectivity index (χ3v) is 3.58. The smallest absolute Gasteiger partial charge is 0.135 e. The molecule has 0 aliphatic heterocycles. The van der Waals surface area contributed by atoms with Crippen LogP contribution in [0.3, 0.4) is 0 Å². The first-order valence-electron chi connectivity index (χ1n) is 6.20. The molecule has 0 spiro atoms. The normalized spacial score (nSPS) is 10.8. The Morgan fingerprint density at radius 1 is 1.42 bits per heavy atom. The van der Waals surface area contributed by atoms with Crippen molar-refractivity contribution in [3.63, 3.8) is 0 Å². The van der Waals surface area contributed by atoms with Crippen LogP contribution in [0.5, 0.6) is 5.75 Å². The lowest BCUT2D eigenvalue weighted by Gasteiger charge is -2.13. The van der Waals surface area contributed by atoms with Crippen LogP contribution in [0.4, 0.5) is 5.69 Å². The maximum atomic E-state index is 5.28. The van der Waals surface area contributed by atoms with E-state index >= 15 is 0 Å². The minimum Gasteiger partial charge on any atom is -0.495 e. The Morgan fingerprint density at radius 3 is 2.89 bits per heavy atom. The molecule has 0 atom stereocenters. The number of anilines is 1. The summed E-state index contributed by atoms with van der Waals surface area (Å²) < 4.78 is 8.39. The Kier molecular flexibility index (Phi) is 4.47. The molecule has 0 saturated heterocycles. The van der Waals surface area contributed by atoms with E-state index in [0.717, 1.165) is 28.1 Å². The lowest BCUT2D eigenvalue weighted by Crippen LogP contribution is -2.08. The molecule has 1 N–H and O–H groups in total. The topological polar surface area (TPSA) is 39.1 Å². The van der Waals surface area contributed by atoms with Crippen LogP contribution in [0.2, 0.25) is 0 Å². The van der Waals surface area contributed by atoms with E-state index in [4.69, 9.17) is 4.74 Å². The van der Waals surface area contributed by atoms with Gasteiger partial charge < -0.3 is 14.6 Å². The number of rotatable bonds is 5. The summed E-state index contributed by atoms with van der Waals surface area (Å²) in [7, 11) is 1.66. The van der Waals surface area contributed by atoms with Crippen LogP contribution in [0, 0.1) is 0 Å². The zero-order chi connectivity index (χ0) is 13.8. The molecule has 0 aliphatic carbocycles. The molecule has 0 aliphatic rings. The zero-order valence-corrected chi connectivity index (χ0v) is 12.9. The van der Waals surface area contributed by atoms with Gasteiger partial charge in [0.05, 0.1) is 30.1 Å². The van der Waals surface area contributed by atoms with E-state index in [1.54, 1.807) is 7.11 Å². The Balaban J connectivity index is 2.08. The van der Waals surface area contributed by atoms with Gasteiger partial charge in [-0.1, -0.05) is 0 Å². The summed E-state index contributed by atoms with van der Waals surface area (Å²) in [4.78, 5) is 4.19. The highest BCUT2D eigenvalue weighted by atomic mass is 79.9. The number of benzene rings is 1. The summed E-state index contributed by atoms with van der Waals surface area (Å²) in [6.45, 7) is 5.03. The van der Waals surface area contributed by atoms with Gasteiger partial charge in [-0.05, 0) is 41.9 Å². The van der Waals surface area contributed by atoms with Gasteiger partial charge in [-0.3, -0.25) is 0 Å². The Morgan fingerprint density at radius 2 is 2.21 bits per heavy atom. The molecular formula is C14H18BrN3O. The molecule has 0 saturated carbocycles. The highest BCUT2D eigenvalue weighted by molar-refractivity contribution is 9.10. The molecule has 5 heteroatoms. The standard InChI is InChI=1S/C14H18BrN3O/c1-10(2)18-9-16-7-12(18)8-17-11-4-5-13(15)14(6-11)19-3/h4-7,9-10,17H,8H2,1-3H3. The molecule has 102 valence electrons. The van der Waals surface area contributed by atoms with Crippen LogP contribution in [0.1, 0.15) is 25.6 Å². The monoisotopic (exact) mass is 323 g/mol. The van der Waals surface area contributed by atoms with Gasteiger partial charge in [0.2, 0.25) is 0 Å². The van der Waals surface area contributed by atoms with Crippen LogP contribution in [0.25, 0.3) is 0 Å². The number of hydrogen-bond acceptors (Lipinski definition) is 3. The molecule has 2 aromatic rings. The van der Waals surface area contributed by atoms with Gasteiger partial charge in [-0.15, -0.1) is 0 Å². The molecule has 1 aromatic heterocycles. The van der Waals surface area contributed by atoms with E-state index in [-0.39, 0.29) is 0 Å². The summed E-state index contributed by atoms with van der Waals surface area (Å²) in [5.74, 6) is 0.822. The third-order valence-electron chi connectivity index (χ3n) is 2.93. The van der Waals surface area contributed by atoms with Crippen LogP contribution < -0.4 is 10.1 Å². The van der Waals surface area contributed by atoms with Crippen molar-refractivity contribution < 1.29 is 4.74 Å². The summed E-state index contributed by atoms with van der Waals surface area (Å²) in [5.41, 5.74) is 2.19. The number of aromatic nitrogens is 2. The van der Waals surface area contributed by atoms with Crippen molar-refractivity contribution in [3.8, 4) is 5.75 Å². The molecule has 19 heavy (non-hydrogen) atoms. The van der Waals surface area contributed by atoms with E-state index in [1.165, 1.54) is 0 Å². The fourth-order valence-corrected chi connectivity index (χ4v) is 2.30. The number of halogens is 1. The Bertz CT molecular complexity index is 551. The summed E-state index contributed by atoms with van der Waals surface area (Å²) in [6.07, 6.45) is 3.76. The number of hydrogen-bond donors (Lipinski definition) is 1. The fraction of sp³-hybridized carbons (Fsp3) is 0.357. The zero-order valence-electron chi connectivity index (χ0n) is 11.4. The average Bonchev–Trinajstić information content (AvgIpc) is 2.86. The summed E-state index contributed by atoms with van der Waals surface area (Å²) in [5, 5.41) is 3.38. The molecule has 0 radical (unpaired) electrons. The largest absolute Gasteiger partial charge is 0.495 e. The van der Waals surface area contributed by atoms with Crippen LogP contribution in [-0.2, 0) is 6.54 Å². The second-order valence-electron chi connectivity index (χ2n) is 4.59. The quantitative estimate of drug-likeness (QED) is 0.908. The van der Waals surface area contributed by atoms with Crippen molar-refractivity contribution >= 4 is 21.6 Å². The molecule has 2 rings (SSSR count). The molecule has 1 heterocycles. The van der Waals surface area contributed by atoms with Crippen LogP contribution in [0.15, 0.2) is 35.2 Å². The number of nitrogens with zero attached hydrogens (tertiary/aromatic N) is 2. The van der Waals surface area contributed by atoms with Crippen molar-refractivity contribution in [2.24, 2.45) is 0 Å². The van der Waals surface area contributed by atoms with Crippen molar-refractivity contribution in [2.75, 3.05) is 12.4 Å². The van der Waals surface area contributed by atoms with Crippen molar-refractivity contribution in [1.29, 1.82) is 0 Å². The predicted molar refractivity (Wildman–Crippen MR) is 80.6 cm³/mol. The first-order valence-corrected chi connectivity index (χ1v) is 6.99. The van der Waals surface area contributed by atoms with Crippen LogP contribution in [-0.4, -0.2) is 16.7 Å². The molecule has 0 fully saturated rings. The Hall–Kier alpha value is -1.49. The molecular weight excluding hydrogens is 306 g/mol. The third kappa shape index (κ3) is 3.29. The van der Waals surface area contributed by atoms with Crippen molar-refractivity contribution in [2.45, 2.75) is 26.4 Å². The number of imidazole rings is 1. The van der Waals surface area contributed by atoms with E-state index in [1.807, 2.05) is 30.7 Å². The molecule has 0 bridgehead atoms. The molecule has 0 unspecified atom stereocenters. The van der Waals surface area contributed by atoms with Crippen molar-refractivity contribution in [3.05, 3.63) is 40.9 Å². The van der Waals surface area contributed by atoms with Gasteiger partial charge in [-0.25, -0.2) is 4.98 Å². The maximum absolute atomic E-state index is 5.28. The predicted octanol–water partition coefficient (Wildman–Crippen LogP) is 3.85. The van der Waals surface area contributed by atoms with Gasteiger partial charge in [0.1, 0.15) is 5.75 Å². The maximum Gasteiger partial charge on any atom is 0.135 e. The highest BCUT2D eigenvalue weighted by Crippen LogP contribution is 2.28. The van der Waals surface area contributed by atoms with Gasteiger partial charge >= 0.3 is 0 Å². The van der Waals surface area contributed by atoms with E-state index in [2.05, 4.69) is 44.6 Å². The first-order chi connectivity index (χ1) is 9.11. The Labute approximate surface area is 121 Å². The highest BCUT2D eigenvalue weighted by Gasteiger charge is 2.06. The van der Waals surface area contributed by atoms with Gasteiger partial charge in [0.25, 0.3) is 0 Å². The summed E-state index contributed by atoms with van der Waals surface area (Å²) in [6, 6.07) is 6.38. The SMILES string of the molecule is COc1cc(NCc2cncn2C(C)C)ccc1Br. The second-order valence-corrected chi connectivity index (χ2v) is 5.44. The van der Waals surface area contributed by atoms with Gasteiger partial charge in [0.15, 0.2) is 0 Å². The first kappa shape index (κ1) is 13.9. The number of methoxy groups -OCH3 is 1. The van der Waals surface area contributed by atoms with E-state index in [0.29, 0.717) is 6.04 Å². The molecule has 1 aromatic carbocycles. The van der Waals surface area contributed by atoms with Gasteiger partial charge in [-0.2, -0.15) is 0 Å². The fourth-order valence-electron chi connectivity index (χ4n) is 1.90. The lowest BCUT2D eigenvalue weighted by atomic mass is 10.3. The van der Waals surface area contributed by atoms with Crippen molar-refractivity contribution in [1.82, 2.24) is 9.55 Å². The summed E-state index contributed by atoms with van der Waals surface area (Å²) >= 11 is 3.44. The molecule has 0 amide bonds. The molecule has 4 nitrogen and oxygen atoms in total. The van der Waals surface area contributed by atoms with E-state index < -0.39 is 0 Å². The number of ether oxygens (including phenoxy) is 1. The minimum absolute atomic E-state index is 0.416. The average molecular weight is 324 g/mol. The number of nitrogens with one attached hydrogen (secondary N) is 1. The lowest BCUT2D eigenvalue weighted by molar-refractivity contribution is 0.412. The minimum atomic E-state index is 0.416.